The van der Waals surface area contributed by atoms with Crippen LogP contribution in [0.2, 0.25) is 0 Å². The number of nitrogens with zero attached hydrogens (tertiary/aromatic N) is 1. The lowest BCUT2D eigenvalue weighted by Crippen LogP contribution is -2.37. The lowest BCUT2D eigenvalue weighted by atomic mass is 9.85. The zero-order valence-electron chi connectivity index (χ0n) is 9.28. The fourth-order valence-corrected chi connectivity index (χ4v) is 2.82. The predicted octanol–water partition coefficient (Wildman–Crippen LogP) is 2.26. The standard InChI is InChI=1S/C12H13FN2O2/c13-8-1-2-10(15(16)17)9(7-8)11(3-4-11)12(14)5-6-12/h1-2,7H,3-6,14H2. The van der Waals surface area contributed by atoms with Crippen LogP contribution in [0.15, 0.2) is 18.2 Å². The first-order chi connectivity index (χ1) is 7.98. The average Bonchev–Trinajstić information content (AvgIpc) is 3.12. The van der Waals surface area contributed by atoms with Gasteiger partial charge in [-0.2, -0.15) is 0 Å². The van der Waals surface area contributed by atoms with Gasteiger partial charge in [0.25, 0.3) is 5.69 Å². The lowest BCUT2D eigenvalue weighted by molar-refractivity contribution is -0.386. The van der Waals surface area contributed by atoms with Crippen LogP contribution >= 0.6 is 0 Å². The molecule has 2 saturated carbocycles. The maximum Gasteiger partial charge on any atom is 0.273 e. The lowest BCUT2D eigenvalue weighted by Gasteiger charge is -2.23. The van der Waals surface area contributed by atoms with Crippen molar-refractivity contribution >= 4 is 5.69 Å². The van der Waals surface area contributed by atoms with Crippen molar-refractivity contribution in [3.05, 3.63) is 39.7 Å². The second-order valence-corrected chi connectivity index (χ2v) is 5.16. The van der Waals surface area contributed by atoms with Gasteiger partial charge in [0.1, 0.15) is 5.82 Å². The molecule has 0 aliphatic heterocycles. The number of benzene rings is 1. The summed E-state index contributed by atoms with van der Waals surface area (Å²) < 4.78 is 13.3. The highest BCUT2D eigenvalue weighted by atomic mass is 19.1. The van der Waals surface area contributed by atoms with Crippen LogP contribution in [-0.2, 0) is 5.41 Å². The number of nitro benzene ring substituents is 1. The van der Waals surface area contributed by atoms with Crippen molar-refractivity contribution in [3.8, 4) is 0 Å². The molecule has 2 aliphatic carbocycles. The van der Waals surface area contributed by atoms with E-state index in [0.717, 1.165) is 31.7 Å². The van der Waals surface area contributed by atoms with Gasteiger partial charge in [0.2, 0.25) is 0 Å². The Morgan fingerprint density at radius 3 is 2.41 bits per heavy atom. The molecule has 1 aromatic rings. The first kappa shape index (κ1) is 10.7. The first-order valence-corrected chi connectivity index (χ1v) is 5.72. The van der Waals surface area contributed by atoms with E-state index in [-0.39, 0.29) is 16.6 Å². The highest BCUT2D eigenvalue weighted by Gasteiger charge is 2.65. The normalized spacial score (nSPS) is 23.2. The quantitative estimate of drug-likeness (QED) is 0.646. The molecule has 2 aliphatic rings. The van der Waals surface area contributed by atoms with E-state index in [2.05, 4.69) is 0 Å². The van der Waals surface area contributed by atoms with E-state index in [0.29, 0.717) is 5.56 Å². The molecule has 17 heavy (non-hydrogen) atoms. The molecule has 2 N–H and O–H groups in total. The Hall–Kier alpha value is -1.49. The van der Waals surface area contributed by atoms with Crippen molar-refractivity contribution in [2.24, 2.45) is 5.73 Å². The summed E-state index contributed by atoms with van der Waals surface area (Å²) in [6.07, 6.45) is 3.41. The van der Waals surface area contributed by atoms with Gasteiger partial charge in [-0.15, -0.1) is 0 Å². The van der Waals surface area contributed by atoms with Crippen LogP contribution in [0.4, 0.5) is 10.1 Å². The summed E-state index contributed by atoms with van der Waals surface area (Å²) >= 11 is 0. The molecule has 3 rings (SSSR count). The molecule has 0 amide bonds. The van der Waals surface area contributed by atoms with Gasteiger partial charge in [-0.05, 0) is 37.8 Å². The molecule has 1 aromatic carbocycles. The fraction of sp³-hybridized carbons (Fsp3) is 0.500. The van der Waals surface area contributed by atoms with Crippen LogP contribution in [-0.4, -0.2) is 10.5 Å². The molecule has 0 spiro atoms. The number of hydrogen-bond donors (Lipinski definition) is 1. The summed E-state index contributed by atoms with van der Waals surface area (Å²) in [6.45, 7) is 0. The number of nitrogens with two attached hydrogens (primary N) is 1. The average molecular weight is 236 g/mol. The highest BCUT2D eigenvalue weighted by Crippen LogP contribution is 2.65. The molecular formula is C12H13FN2O2. The predicted molar refractivity (Wildman–Crippen MR) is 60.1 cm³/mol. The van der Waals surface area contributed by atoms with Crippen molar-refractivity contribution in [1.82, 2.24) is 0 Å². The molecular weight excluding hydrogens is 223 g/mol. The van der Waals surface area contributed by atoms with Gasteiger partial charge in [-0.25, -0.2) is 4.39 Å². The maximum absolute atomic E-state index is 13.3. The van der Waals surface area contributed by atoms with Gasteiger partial charge in [0.15, 0.2) is 0 Å². The molecule has 2 fully saturated rings. The van der Waals surface area contributed by atoms with E-state index >= 15 is 0 Å². The summed E-state index contributed by atoms with van der Waals surface area (Å²) in [5.41, 5.74) is 5.99. The van der Waals surface area contributed by atoms with E-state index in [1.807, 2.05) is 0 Å². The Kier molecular flexibility index (Phi) is 1.91. The van der Waals surface area contributed by atoms with Gasteiger partial charge in [0.05, 0.1) is 4.92 Å². The van der Waals surface area contributed by atoms with E-state index < -0.39 is 10.7 Å². The van der Waals surface area contributed by atoms with Crippen molar-refractivity contribution in [1.29, 1.82) is 0 Å². The zero-order valence-corrected chi connectivity index (χ0v) is 9.28. The van der Waals surface area contributed by atoms with Crippen molar-refractivity contribution in [2.75, 3.05) is 0 Å². The van der Waals surface area contributed by atoms with Crippen LogP contribution in [0.3, 0.4) is 0 Å². The molecule has 4 nitrogen and oxygen atoms in total. The van der Waals surface area contributed by atoms with E-state index in [4.69, 9.17) is 5.73 Å². The van der Waals surface area contributed by atoms with Gasteiger partial charge in [-0.1, -0.05) is 0 Å². The second kappa shape index (κ2) is 3.04. The molecule has 0 aromatic heterocycles. The minimum atomic E-state index is -0.444. The molecule has 0 saturated heterocycles. The largest absolute Gasteiger partial charge is 0.324 e. The smallest absolute Gasteiger partial charge is 0.273 e. The molecule has 5 heteroatoms. The molecule has 0 unspecified atom stereocenters. The molecule has 0 heterocycles. The van der Waals surface area contributed by atoms with Gasteiger partial charge < -0.3 is 5.73 Å². The molecule has 0 atom stereocenters. The number of rotatable bonds is 3. The number of hydrogen-bond acceptors (Lipinski definition) is 3. The number of halogens is 1. The molecule has 0 radical (unpaired) electrons. The molecule has 90 valence electrons. The second-order valence-electron chi connectivity index (χ2n) is 5.16. The third-order valence-electron chi connectivity index (χ3n) is 4.16. The van der Waals surface area contributed by atoms with Crippen molar-refractivity contribution in [3.63, 3.8) is 0 Å². The third-order valence-corrected chi connectivity index (χ3v) is 4.16. The summed E-state index contributed by atoms with van der Waals surface area (Å²) in [4.78, 5) is 10.6. The first-order valence-electron chi connectivity index (χ1n) is 5.72. The van der Waals surface area contributed by atoms with E-state index in [9.17, 15) is 14.5 Å². The van der Waals surface area contributed by atoms with Crippen molar-refractivity contribution in [2.45, 2.75) is 36.6 Å². The topological polar surface area (TPSA) is 69.2 Å². The van der Waals surface area contributed by atoms with Crippen LogP contribution in [0.1, 0.15) is 31.2 Å². The van der Waals surface area contributed by atoms with Gasteiger partial charge >= 0.3 is 0 Å². The summed E-state index contributed by atoms with van der Waals surface area (Å²) in [6, 6.07) is 3.67. The minimum Gasteiger partial charge on any atom is -0.324 e. The van der Waals surface area contributed by atoms with Crippen LogP contribution in [0, 0.1) is 15.9 Å². The van der Waals surface area contributed by atoms with Crippen LogP contribution in [0.25, 0.3) is 0 Å². The van der Waals surface area contributed by atoms with Crippen LogP contribution < -0.4 is 5.73 Å². The third kappa shape index (κ3) is 1.38. The fourth-order valence-electron chi connectivity index (χ4n) is 2.82. The highest BCUT2D eigenvalue weighted by molar-refractivity contribution is 5.52. The van der Waals surface area contributed by atoms with E-state index in [1.54, 1.807) is 0 Å². The summed E-state index contributed by atoms with van der Waals surface area (Å²) in [5, 5.41) is 11.0. The SMILES string of the molecule is NC1(C2(c3cc(F)ccc3[N+](=O)[O-])CC2)CC1. The van der Waals surface area contributed by atoms with E-state index in [1.165, 1.54) is 12.1 Å². The summed E-state index contributed by atoms with van der Waals surface area (Å²) in [7, 11) is 0. The Balaban J connectivity index is 2.14. The Morgan fingerprint density at radius 1 is 1.29 bits per heavy atom. The Bertz CT molecular complexity index is 507. The zero-order chi connectivity index (χ0) is 12.3. The minimum absolute atomic E-state index is 0.000579. The Morgan fingerprint density at radius 2 is 1.94 bits per heavy atom. The van der Waals surface area contributed by atoms with Gasteiger partial charge in [-0.3, -0.25) is 10.1 Å². The molecule has 0 bridgehead atoms. The monoisotopic (exact) mass is 236 g/mol. The maximum atomic E-state index is 13.3. The number of nitro groups is 1. The van der Waals surface area contributed by atoms with Crippen LogP contribution in [0.5, 0.6) is 0 Å². The van der Waals surface area contributed by atoms with Gasteiger partial charge in [0, 0.05) is 22.6 Å². The Labute approximate surface area is 97.8 Å². The van der Waals surface area contributed by atoms with Crippen molar-refractivity contribution < 1.29 is 9.31 Å². The summed E-state index contributed by atoms with van der Waals surface area (Å²) in [5.74, 6) is -0.430.